The van der Waals surface area contributed by atoms with Crippen LogP contribution < -0.4 is 5.32 Å². The first-order valence-electron chi connectivity index (χ1n) is 8.86. The van der Waals surface area contributed by atoms with Gasteiger partial charge >= 0.3 is 0 Å². The summed E-state index contributed by atoms with van der Waals surface area (Å²) < 4.78 is 0. The van der Waals surface area contributed by atoms with Crippen molar-refractivity contribution in [1.82, 2.24) is 5.32 Å². The molecule has 2 saturated carbocycles. The molecule has 3 aliphatic rings. The second-order valence-electron chi connectivity index (χ2n) is 7.07. The number of hydrogen-bond acceptors (Lipinski definition) is 1. The lowest BCUT2D eigenvalue weighted by molar-refractivity contribution is 0.313. The fourth-order valence-electron chi connectivity index (χ4n) is 4.09. The van der Waals surface area contributed by atoms with Crippen molar-refractivity contribution in [2.45, 2.75) is 83.1 Å². The third-order valence-electron chi connectivity index (χ3n) is 5.48. The smallest absolute Gasteiger partial charge is 0.00684 e. The van der Waals surface area contributed by atoms with Gasteiger partial charge in [0.2, 0.25) is 0 Å². The highest BCUT2D eigenvalue weighted by Gasteiger charge is 2.29. The van der Waals surface area contributed by atoms with Gasteiger partial charge < -0.3 is 5.32 Å². The molecule has 0 radical (unpaired) electrons. The van der Waals surface area contributed by atoms with Crippen molar-refractivity contribution >= 4 is 0 Å². The Kier molecular flexibility index (Phi) is 4.98. The van der Waals surface area contributed by atoms with Gasteiger partial charge in [-0.05, 0) is 63.2 Å². The van der Waals surface area contributed by atoms with Crippen molar-refractivity contribution in [3.05, 3.63) is 11.6 Å². The third-order valence-corrected chi connectivity index (χ3v) is 5.48. The molecule has 0 aromatic rings. The summed E-state index contributed by atoms with van der Waals surface area (Å²) in [7, 11) is 0. The van der Waals surface area contributed by atoms with Gasteiger partial charge in [-0.3, -0.25) is 0 Å². The normalized spacial score (nSPS) is 27.7. The van der Waals surface area contributed by atoms with E-state index in [1.807, 2.05) is 5.57 Å². The quantitative estimate of drug-likeness (QED) is 0.552. The van der Waals surface area contributed by atoms with Gasteiger partial charge in [-0.2, -0.15) is 0 Å². The standard InChI is InChI=1S/C18H31N/c1-2-5-9-15(8-4-1)18(14-19-17-12-13-17)16-10-6-3-7-11-16/h10,15,17-19H,1-9,11-14H2. The molecule has 0 bridgehead atoms. The van der Waals surface area contributed by atoms with Crippen LogP contribution in [-0.4, -0.2) is 12.6 Å². The molecule has 3 rings (SSSR count). The molecule has 2 fully saturated rings. The lowest BCUT2D eigenvalue weighted by Crippen LogP contribution is -2.31. The van der Waals surface area contributed by atoms with Crippen molar-refractivity contribution in [2.75, 3.05) is 6.54 Å². The zero-order valence-electron chi connectivity index (χ0n) is 12.5. The molecule has 3 aliphatic carbocycles. The molecule has 0 aromatic carbocycles. The maximum atomic E-state index is 3.83. The van der Waals surface area contributed by atoms with Gasteiger partial charge in [-0.15, -0.1) is 0 Å². The van der Waals surface area contributed by atoms with E-state index in [1.165, 1.54) is 83.6 Å². The van der Waals surface area contributed by atoms with E-state index in [1.54, 1.807) is 0 Å². The second-order valence-corrected chi connectivity index (χ2v) is 7.07. The summed E-state index contributed by atoms with van der Waals surface area (Å²) in [5, 5.41) is 3.83. The minimum absolute atomic E-state index is 0.873. The Morgan fingerprint density at radius 3 is 2.37 bits per heavy atom. The maximum absolute atomic E-state index is 3.83. The molecule has 0 aliphatic heterocycles. The molecule has 0 amide bonds. The molecule has 1 nitrogen and oxygen atoms in total. The summed E-state index contributed by atoms with van der Waals surface area (Å²) in [5.41, 5.74) is 1.83. The van der Waals surface area contributed by atoms with E-state index in [2.05, 4.69) is 11.4 Å². The summed E-state index contributed by atoms with van der Waals surface area (Å²) in [6, 6.07) is 0.873. The summed E-state index contributed by atoms with van der Waals surface area (Å²) >= 11 is 0. The molecule has 108 valence electrons. The van der Waals surface area contributed by atoms with Crippen LogP contribution in [0.5, 0.6) is 0 Å². The topological polar surface area (TPSA) is 12.0 Å². The van der Waals surface area contributed by atoms with Crippen molar-refractivity contribution in [2.24, 2.45) is 11.8 Å². The Hall–Kier alpha value is -0.300. The van der Waals surface area contributed by atoms with E-state index in [4.69, 9.17) is 0 Å². The fourth-order valence-corrected chi connectivity index (χ4v) is 4.09. The van der Waals surface area contributed by atoms with Gasteiger partial charge in [0.15, 0.2) is 0 Å². The SMILES string of the molecule is C1=C(C(CNC2CC2)C2CCCCCC2)CCCC1. The van der Waals surface area contributed by atoms with Crippen LogP contribution in [0.4, 0.5) is 0 Å². The highest BCUT2D eigenvalue weighted by molar-refractivity contribution is 5.12. The van der Waals surface area contributed by atoms with Crippen LogP contribution in [0.15, 0.2) is 11.6 Å². The van der Waals surface area contributed by atoms with Gasteiger partial charge in [0.1, 0.15) is 0 Å². The second kappa shape index (κ2) is 6.92. The summed E-state index contributed by atoms with van der Waals surface area (Å²) in [5.74, 6) is 1.86. The van der Waals surface area contributed by atoms with Crippen molar-refractivity contribution < 1.29 is 0 Å². The van der Waals surface area contributed by atoms with E-state index in [0.717, 1.165) is 17.9 Å². The van der Waals surface area contributed by atoms with Crippen LogP contribution in [0.2, 0.25) is 0 Å². The third kappa shape index (κ3) is 4.08. The lowest BCUT2D eigenvalue weighted by atomic mass is 9.77. The molecule has 1 N–H and O–H groups in total. The summed E-state index contributed by atoms with van der Waals surface area (Å²) in [4.78, 5) is 0. The van der Waals surface area contributed by atoms with E-state index >= 15 is 0 Å². The monoisotopic (exact) mass is 261 g/mol. The first kappa shape index (κ1) is 13.7. The molecule has 19 heavy (non-hydrogen) atoms. The fraction of sp³-hybridized carbons (Fsp3) is 0.889. The molecule has 0 saturated heterocycles. The Balaban J connectivity index is 1.63. The van der Waals surface area contributed by atoms with Crippen LogP contribution in [0.1, 0.15) is 77.0 Å². The number of nitrogens with one attached hydrogen (secondary N) is 1. The van der Waals surface area contributed by atoms with Gasteiger partial charge in [-0.1, -0.05) is 37.3 Å². The van der Waals surface area contributed by atoms with Crippen LogP contribution in [0.3, 0.4) is 0 Å². The highest BCUT2D eigenvalue weighted by atomic mass is 14.9. The maximum Gasteiger partial charge on any atom is 0.00684 e. The number of hydrogen-bond donors (Lipinski definition) is 1. The van der Waals surface area contributed by atoms with Gasteiger partial charge in [0.25, 0.3) is 0 Å². The Morgan fingerprint density at radius 2 is 1.74 bits per heavy atom. The van der Waals surface area contributed by atoms with E-state index in [0.29, 0.717) is 0 Å². The van der Waals surface area contributed by atoms with Gasteiger partial charge in [0, 0.05) is 12.6 Å². The zero-order valence-corrected chi connectivity index (χ0v) is 12.5. The number of allylic oxidation sites excluding steroid dienone is 1. The Labute approximate surface area is 119 Å². The molecule has 1 atom stereocenters. The zero-order chi connectivity index (χ0) is 12.9. The molecule has 0 spiro atoms. The van der Waals surface area contributed by atoms with Crippen LogP contribution in [-0.2, 0) is 0 Å². The van der Waals surface area contributed by atoms with Gasteiger partial charge in [0.05, 0.1) is 0 Å². The van der Waals surface area contributed by atoms with Crippen molar-refractivity contribution in [3.63, 3.8) is 0 Å². The van der Waals surface area contributed by atoms with Crippen LogP contribution in [0.25, 0.3) is 0 Å². The predicted octanol–water partition coefficient (Wildman–Crippen LogP) is 4.83. The van der Waals surface area contributed by atoms with Crippen molar-refractivity contribution in [1.29, 1.82) is 0 Å². The molecule has 0 heterocycles. The van der Waals surface area contributed by atoms with Crippen molar-refractivity contribution in [3.8, 4) is 0 Å². The first-order chi connectivity index (χ1) is 9.43. The van der Waals surface area contributed by atoms with E-state index in [-0.39, 0.29) is 0 Å². The Bertz CT molecular complexity index is 295. The molecular formula is C18H31N. The minimum Gasteiger partial charge on any atom is -0.313 e. The Morgan fingerprint density at radius 1 is 0.947 bits per heavy atom. The predicted molar refractivity (Wildman–Crippen MR) is 82.3 cm³/mol. The number of rotatable bonds is 5. The summed E-state index contributed by atoms with van der Waals surface area (Å²) in [6.07, 6.45) is 20.0. The average Bonchev–Trinajstić information content (AvgIpc) is 3.27. The summed E-state index contributed by atoms with van der Waals surface area (Å²) in [6.45, 7) is 1.28. The van der Waals surface area contributed by atoms with E-state index in [9.17, 15) is 0 Å². The molecule has 1 unspecified atom stereocenters. The van der Waals surface area contributed by atoms with Gasteiger partial charge in [-0.25, -0.2) is 0 Å². The first-order valence-corrected chi connectivity index (χ1v) is 8.86. The van der Waals surface area contributed by atoms with E-state index < -0.39 is 0 Å². The average molecular weight is 261 g/mol. The van der Waals surface area contributed by atoms with Crippen LogP contribution in [0, 0.1) is 11.8 Å². The lowest BCUT2D eigenvalue weighted by Gasteiger charge is -2.31. The largest absolute Gasteiger partial charge is 0.313 e. The molecule has 0 aromatic heterocycles. The molecule has 1 heteroatoms. The van der Waals surface area contributed by atoms with Crippen LogP contribution >= 0.6 is 0 Å². The highest BCUT2D eigenvalue weighted by Crippen LogP contribution is 2.36. The molecular weight excluding hydrogens is 230 g/mol. The minimum atomic E-state index is 0.873.